The summed E-state index contributed by atoms with van der Waals surface area (Å²) in [6.45, 7) is 1.87. The van der Waals surface area contributed by atoms with Gasteiger partial charge in [0.15, 0.2) is 0 Å². The first-order valence-corrected chi connectivity index (χ1v) is 5.58. The molecule has 0 atom stereocenters. The lowest BCUT2D eigenvalue weighted by atomic mass is 10.3. The molecule has 5 heteroatoms. The number of pyridine rings is 2. The molecule has 0 saturated carbocycles. The fraction of sp³-hybridized carbons (Fsp3) is 0.154. The van der Waals surface area contributed by atoms with E-state index in [4.69, 9.17) is 0 Å². The van der Waals surface area contributed by atoms with Crippen molar-refractivity contribution in [3.63, 3.8) is 0 Å². The molecule has 0 radical (unpaired) electrons. The van der Waals surface area contributed by atoms with Gasteiger partial charge in [-0.2, -0.15) is 0 Å². The molecule has 18 heavy (non-hydrogen) atoms. The van der Waals surface area contributed by atoms with Gasteiger partial charge in [0.25, 0.3) is 5.91 Å². The van der Waals surface area contributed by atoms with Crippen LogP contribution in [0.2, 0.25) is 0 Å². The average Bonchev–Trinajstić information content (AvgIpc) is 2.39. The van der Waals surface area contributed by atoms with E-state index in [2.05, 4.69) is 20.6 Å². The Morgan fingerprint density at radius 3 is 2.83 bits per heavy atom. The summed E-state index contributed by atoms with van der Waals surface area (Å²) in [5.41, 5.74) is 1.94. The molecular weight excluding hydrogens is 228 g/mol. The van der Waals surface area contributed by atoms with Gasteiger partial charge >= 0.3 is 0 Å². The van der Waals surface area contributed by atoms with Crippen LogP contribution >= 0.6 is 0 Å². The quantitative estimate of drug-likeness (QED) is 0.864. The third-order valence-electron chi connectivity index (χ3n) is 2.39. The van der Waals surface area contributed by atoms with Crippen molar-refractivity contribution in [2.75, 3.05) is 17.7 Å². The predicted octanol–water partition coefficient (Wildman–Crippen LogP) is 2.08. The number of hydrogen-bond donors (Lipinski definition) is 2. The van der Waals surface area contributed by atoms with Crippen LogP contribution in [0.4, 0.5) is 11.5 Å². The Labute approximate surface area is 105 Å². The molecule has 2 N–H and O–H groups in total. The fourth-order valence-electron chi connectivity index (χ4n) is 1.52. The molecule has 5 nitrogen and oxygen atoms in total. The SMILES string of the molecule is CNc1cccc(C(=O)Nc2ccnc(C)c2)n1. The van der Waals surface area contributed by atoms with Crippen LogP contribution in [0.3, 0.4) is 0 Å². The van der Waals surface area contributed by atoms with E-state index in [-0.39, 0.29) is 5.91 Å². The molecule has 0 aliphatic carbocycles. The van der Waals surface area contributed by atoms with Crippen molar-refractivity contribution in [1.29, 1.82) is 0 Å². The summed E-state index contributed by atoms with van der Waals surface area (Å²) >= 11 is 0. The highest BCUT2D eigenvalue weighted by molar-refractivity contribution is 6.03. The summed E-state index contributed by atoms with van der Waals surface area (Å²) < 4.78 is 0. The second-order valence-corrected chi connectivity index (χ2v) is 3.80. The van der Waals surface area contributed by atoms with E-state index in [0.717, 1.165) is 5.69 Å². The van der Waals surface area contributed by atoms with Crippen molar-refractivity contribution in [2.24, 2.45) is 0 Å². The topological polar surface area (TPSA) is 66.9 Å². The minimum atomic E-state index is -0.238. The molecule has 92 valence electrons. The van der Waals surface area contributed by atoms with Gasteiger partial charge in [0.1, 0.15) is 11.5 Å². The van der Waals surface area contributed by atoms with E-state index in [1.165, 1.54) is 0 Å². The zero-order valence-corrected chi connectivity index (χ0v) is 10.3. The van der Waals surface area contributed by atoms with Crippen LogP contribution in [-0.4, -0.2) is 22.9 Å². The number of carbonyl (C=O) groups is 1. The van der Waals surface area contributed by atoms with Crippen molar-refractivity contribution in [3.8, 4) is 0 Å². The minimum absolute atomic E-state index is 0.238. The summed E-state index contributed by atoms with van der Waals surface area (Å²) in [6, 6.07) is 8.80. The van der Waals surface area contributed by atoms with E-state index < -0.39 is 0 Å². The summed E-state index contributed by atoms with van der Waals surface area (Å²) in [4.78, 5) is 20.2. The van der Waals surface area contributed by atoms with Crippen LogP contribution in [0.1, 0.15) is 16.2 Å². The van der Waals surface area contributed by atoms with Crippen LogP contribution in [0.5, 0.6) is 0 Å². The second-order valence-electron chi connectivity index (χ2n) is 3.80. The van der Waals surface area contributed by atoms with E-state index in [9.17, 15) is 4.79 Å². The van der Waals surface area contributed by atoms with Crippen molar-refractivity contribution < 1.29 is 4.79 Å². The van der Waals surface area contributed by atoms with Crippen molar-refractivity contribution in [2.45, 2.75) is 6.92 Å². The maximum atomic E-state index is 12.0. The monoisotopic (exact) mass is 242 g/mol. The van der Waals surface area contributed by atoms with Crippen molar-refractivity contribution >= 4 is 17.4 Å². The molecule has 0 aliphatic rings. The summed E-state index contributed by atoms with van der Waals surface area (Å²) in [5.74, 6) is 0.422. The van der Waals surface area contributed by atoms with Gasteiger partial charge in [-0.15, -0.1) is 0 Å². The number of nitrogens with one attached hydrogen (secondary N) is 2. The van der Waals surface area contributed by atoms with E-state index in [1.807, 2.05) is 6.92 Å². The summed E-state index contributed by atoms with van der Waals surface area (Å²) in [6.07, 6.45) is 1.66. The molecular formula is C13H14N4O. The number of carbonyl (C=O) groups excluding carboxylic acids is 1. The highest BCUT2D eigenvalue weighted by Gasteiger charge is 2.08. The van der Waals surface area contributed by atoms with E-state index in [1.54, 1.807) is 43.6 Å². The molecule has 0 aromatic carbocycles. The molecule has 0 fully saturated rings. The largest absolute Gasteiger partial charge is 0.373 e. The second kappa shape index (κ2) is 5.27. The number of nitrogens with zero attached hydrogens (tertiary/aromatic N) is 2. The van der Waals surface area contributed by atoms with Crippen LogP contribution in [-0.2, 0) is 0 Å². The Balaban J connectivity index is 2.16. The van der Waals surface area contributed by atoms with Crippen LogP contribution in [0.15, 0.2) is 36.5 Å². The fourth-order valence-corrected chi connectivity index (χ4v) is 1.52. The average molecular weight is 242 g/mol. The van der Waals surface area contributed by atoms with Gasteiger partial charge in [-0.3, -0.25) is 9.78 Å². The highest BCUT2D eigenvalue weighted by Crippen LogP contribution is 2.10. The number of aryl methyl sites for hydroxylation is 1. The molecule has 2 heterocycles. The Hall–Kier alpha value is -2.43. The molecule has 0 aliphatic heterocycles. The lowest BCUT2D eigenvalue weighted by molar-refractivity contribution is 0.102. The van der Waals surface area contributed by atoms with Gasteiger partial charge in [-0.25, -0.2) is 4.98 Å². The molecule has 0 spiro atoms. The van der Waals surface area contributed by atoms with Gasteiger partial charge in [-0.05, 0) is 31.2 Å². The summed E-state index contributed by atoms with van der Waals surface area (Å²) in [7, 11) is 1.76. The molecule has 0 bridgehead atoms. The third-order valence-corrected chi connectivity index (χ3v) is 2.39. The van der Waals surface area contributed by atoms with Crippen molar-refractivity contribution in [3.05, 3.63) is 47.9 Å². The van der Waals surface area contributed by atoms with E-state index >= 15 is 0 Å². The normalized spacial score (nSPS) is 9.89. The van der Waals surface area contributed by atoms with Gasteiger partial charge in [0, 0.05) is 24.6 Å². The maximum Gasteiger partial charge on any atom is 0.274 e. The standard InChI is InChI=1S/C13H14N4O/c1-9-8-10(6-7-15-9)16-13(18)11-4-3-5-12(14-2)17-11/h3-8H,1-2H3,(H,14,17)(H,15,16,18). The predicted molar refractivity (Wildman–Crippen MR) is 70.7 cm³/mol. The van der Waals surface area contributed by atoms with Crippen LogP contribution in [0.25, 0.3) is 0 Å². The lowest BCUT2D eigenvalue weighted by Gasteiger charge is -2.06. The lowest BCUT2D eigenvalue weighted by Crippen LogP contribution is -2.14. The van der Waals surface area contributed by atoms with Crippen LogP contribution < -0.4 is 10.6 Å². The van der Waals surface area contributed by atoms with Gasteiger partial charge in [-0.1, -0.05) is 6.07 Å². The third kappa shape index (κ3) is 2.82. The zero-order valence-electron chi connectivity index (χ0n) is 10.3. The number of rotatable bonds is 3. The number of anilines is 2. The van der Waals surface area contributed by atoms with Gasteiger partial charge in [0.05, 0.1) is 0 Å². The molecule has 2 aromatic rings. The molecule has 0 unspecified atom stereocenters. The number of aromatic nitrogens is 2. The Morgan fingerprint density at radius 2 is 2.11 bits per heavy atom. The van der Waals surface area contributed by atoms with Crippen molar-refractivity contribution in [1.82, 2.24) is 9.97 Å². The van der Waals surface area contributed by atoms with Gasteiger partial charge < -0.3 is 10.6 Å². The minimum Gasteiger partial charge on any atom is -0.373 e. The number of amides is 1. The Bertz CT molecular complexity index is 568. The Morgan fingerprint density at radius 1 is 1.28 bits per heavy atom. The van der Waals surface area contributed by atoms with Crippen LogP contribution in [0, 0.1) is 6.92 Å². The molecule has 2 aromatic heterocycles. The smallest absolute Gasteiger partial charge is 0.274 e. The molecule has 2 rings (SSSR count). The molecule has 0 saturated heterocycles. The Kier molecular flexibility index (Phi) is 3.52. The van der Waals surface area contributed by atoms with Gasteiger partial charge in [0.2, 0.25) is 0 Å². The summed E-state index contributed by atoms with van der Waals surface area (Å²) in [5, 5.41) is 5.68. The zero-order chi connectivity index (χ0) is 13.0. The number of hydrogen-bond acceptors (Lipinski definition) is 4. The first kappa shape index (κ1) is 12.0. The first-order valence-electron chi connectivity index (χ1n) is 5.58. The molecule has 1 amide bonds. The maximum absolute atomic E-state index is 12.0. The van der Waals surface area contributed by atoms with E-state index in [0.29, 0.717) is 17.2 Å². The highest BCUT2D eigenvalue weighted by atomic mass is 16.1. The first-order chi connectivity index (χ1) is 8.69.